The number of rotatable bonds is 5. The summed E-state index contributed by atoms with van der Waals surface area (Å²) in [7, 11) is 1.71. The Kier molecular flexibility index (Phi) is 5.42. The van der Waals surface area contributed by atoms with Gasteiger partial charge >= 0.3 is 0 Å². The lowest BCUT2D eigenvalue weighted by atomic mass is 10.1. The number of carbonyl (C=O) groups excluding carboxylic acids is 3. The molecule has 6 nitrogen and oxygen atoms in total. The minimum atomic E-state index is -0.298. The van der Waals surface area contributed by atoms with Crippen molar-refractivity contribution >= 4 is 34.8 Å². The van der Waals surface area contributed by atoms with Crippen molar-refractivity contribution in [2.45, 2.75) is 19.3 Å². The number of hydrogen-bond donors (Lipinski definition) is 1. The summed E-state index contributed by atoms with van der Waals surface area (Å²) >= 11 is 0. The maximum absolute atomic E-state index is 13.0. The molecular weight excluding hydrogens is 414 g/mol. The zero-order chi connectivity index (χ0) is 22.9. The highest BCUT2D eigenvalue weighted by Gasteiger charge is 2.33. The summed E-state index contributed by atoms with van der Waals surface area (Å²) < 4.78 is 0. The van der Waals surface area contributed by atoms with E-state index in [1.807, 2.05) is 24.3 Å². The summed E-state index contributed by atoms with van der Waals surface area (Å²) in [6.45, 7) is 0.667. The van der Waals surface area contributed by atoms with Gasteiger partial charge in [0.15, 0.2) is 0 Å². The molecule has 0 atom stereocenters. The smallest absolute Gasteiger partial charge is 0.258 e. The molecule has 3 aromatic carbocycles. The first-order valence-corrected chi connectivity index (χ1v) is 11.2. The first kappa shape index (κ1) is 20.9. The van der Waals surface area contributed by atoms with Crippen molar-refractivity contribution < 1.29 is 14.4 Å². The van der Waals surface area contributed by atoms with Crippen LogP contribution < -0.4 is 15.1 Å². The number of anilines is 3. The molecule has 0 saturated heterocycles. The first-order valence-electron chi connectivity index (χ1n) is 11.2. The van der Waals surface area contributed by atoms with Crippen molar-refractivity contribution in [1.29, 1.82) is 0 Å². The second kappa shape index (κ2) is 8.54. The summed E-state index contributed by atoms with van der Waals surface area (Å²) in [6.07, 6.45) is 2.67. The fraction of sp³-hybridized carbons (Fsp3) is 0.222. The largest absolute Gasteiger partial charge is 0.322 e. The molecule has 0 unspecified atom stereocenters. The van der Waals surface area contributed by atoms with Gasteiger partial charge in [-0.3, -0.25) is 14.4 Å². The molecule has 166 valence electrons. The van der Waals surface area contributed by atoms with Gasteiger partial charge in [-0.25, -0.2) is 0 Å². The Morgan fingerprint density at radius 1 is 0.909 bits per heavy atom. The topological polar surface area (TPSA) is 69.7 Å². The van der Waals surface area contributed by atoms with Crippen molar-refractivity contribution in [3.05, 3.63) is 89.5 Å². The molecule has 6 heteroatoms. The summed E-state index contributed by atoms with van der Waals surface area (Å²) in [4.78, 5) is 41.9. The van der Waals surface area contributed by atoms with Gasteiger partial charge in [-0.05, 0) is 67.3 Å². The van der Waals surface area contributed by atoms with Gasteiger partial charge in [0, 0.05) is 36.4 Å². The van der Waals surface area contributed by atoms with Crippen molar-refractivity contribution in [1.82, 2.24) is 0 Å². The van der Waals surface area contributed by atoms with Crippen LogP contribution in [0.25, 0.3) is 0 Å². The van der Waals surface area contributed by atoms with Crippen molar-refractivity contribution in [2.24, 2.45) is 5.92 Å². The monoisotopic (exact) mass is 439 g/mol. The highest BCUT2D eigenvalue weighted by Crippen LogP contribution is 2.33. The Hall–Kier alpha value is -3.93. The molecule has 0 aromatic heterocycles. The second-order valence-corrected chi connectivity index (χ2v) is 8.56. The van der Waals surface area contributed by atoms with E-state index in [9.17, 15) is 14.4 Å². The van der Waals surface area contributed by atoms with Crippen LogP contribution in [-0.4, -0.2) is 31.3 Å². The Balaban J connectivity index is 1.30. The van der Waals surface area contributed by atoms with Crippen molar-refractivity contribution in [2.75, 3.05) is 28.7 Å². The summed E-state index contributed by atoms with van der Waals surface area (Å²) in [5, 5.41) is 2.89. The Morgan fingerprint density at radius 2 is 1.61 bits per heavy atom. The molecule has 0 radical (unpaired) electrons. The maximum atomic E-state index is 13.0. The molecule has 3 amide bonds. The molecule has 2 aliphatic rings. The lowest BCUT2D eigenvalue weighted by molar-refractivity contribution is -0.119. The van der Waals surface area contributed by atoms with Crippen LogP contribution in [0.1, 0.15) is 39.1 Å². The fourth-order valence-electron chi connectivity index (χ4n) is 4.28. The number of benzene rings is 3. The molecule has 3 aromatic rings. The Morgan fingerprint density at radius 3 is 2.36 bits per heavy atom. The Bertz CT molecular complexity index is 1230. The van der Waals surface area contributed by atoms with Crippen LogP contribution in [-0.2, 0) is 11.2 Å². The van der Waals surface area contributed by atoms with E-state index in [1.165, 1.54) is 5.56 Å². The first-order chi connectivity index (χ1) is 16.0. The second-order valence-electron chi connectivity index (χ2n) is 8.56. The molecular formula is C27H25N3O3. The SMILES string of the molecule is CN(C(=O)C1CC1)c1ccccc1C(=O)Nc1ccc(C(=O)N2CCc3ccccc32)cc1. The van der Waals surface area contributed by atoms with Crippen molar-refractivity contribution in [3.63, 3.8) is 0 Å². The average Bonchev–Trinajstić information content (AvgIpc) is 3.62. The quantitative estimate of drug-likeness (QED) is 0.636. The number of carbonyl (C=O) groups is 3. The number of fused-ring (bicyclic) bond motifs is 1. The van der Waals surface area contributed by atoms with Crippen LogP contribution in [0, 0.1) is 5.92 Å². The number of hydrogen-bond acceptors (Lipinski definition) is 3. The van der Waals surface area contributed by atoms with Gasteiger partial charge in [0.05, 0.1) is 11.3 Å². The summed E-state index contributed by atoms with van der Waals surface area (Å²) in [5.41, 5.74) is 4.32. The van der Waals surface area contributed by atoms with Gasteiger partial charge in [-0.1, -0.05) is 30.3 Å². The predicted octanol–water partition coefficient (Wildman–Crippen LogP) is 4.51. The average molecular weight is 440 g/mol. The zero-order valence-electron chi connectivity index (χ0n) is 18.5. The fourth-order valence-corrected chi connectivity index (χ4v) is 4.28. The van der Waals surface area contributed by atoms with E-state index < -0.39 is 0 Å². The highest BCUT2D eigenvalue weighted by atomic mass is 16.2. The van der Waals surface area contributed by atoms with Crippen LogP contribution >= 0.6 is 0 Å². The maximum Gasteiger partial charge on any atom is 0.258 e. The molecule has 1 aliphatic heterocycles. The van der Waals surface area contributed by atoms with Crippen LogP contribution in [0.2, 0.25) is 0 Å². The van der Waals surface area contributed by atoms with Gasteiger partial charge in [-0.2, -0.15) is 0 Å². The zero-order valence-corrected chi connectivity index (χ0v) is 18.5. The molecule has 0 bridgehead atoms. The number of nitrogens with zero attached hydrogens (tertiary/aromatic N) is 2. The third-order valence-electron chi connectivity index (χ3n) is 6.29. The van der Waals surface area contributed by atoms with Gasteiger partial charge < -0.3 is 15.1 Å². The van der Waals surface area contributed by atoms with Gasteiger partial charge in [0.1, 0.15) is 0 Å². The number of amides is 3. The molecule has 1 aliphatic carbocycles. The minimum Gasteiger partial charge on any atom is -0.322 e. The molecule has 5 rings (SSSR count). The molecule has 1 fully saturated rings. The van der Waals surface area contributed by atoms with Gasteiger partial charge in [0.2, 0.25) is 5.91 Å². The standard InChI is InChI=1S/C27H25N3O3/c1-29(26(32)19-10-11-19)24-9-5-3-7-22(24)25(31)28-21-14-12-20(13-15-21)27(33)30-17-16-18-6-2-4-8-23(18)30/h2-9,12-15,19H,10-11,16-17H2,1H3,(H,28,31). The Labute approximate surface area is 192 Å². The third-order valence-corrected chi connectivity index (χ3v) is 6.29. The van der Waals surface area contributed by atoms with E-state index in [2.05, 4.69) is 11.4 Å². The van der Waals surface area contributed by atoms with Crippen LogP contribution in [0.3, 0.4) is 0 Å². The molecule has 1 N–H and O–H groups in total. The number of para-hydroxylation sites is 2. The predicted molar refractivity (Wildman–Crippen MR) is 129 cm³/mol. The summed E-state index contributed by atoms with van der Waals surface area (Å²) in [6, 6.07) is 22.0. The van der Waals surface area contributed by atoms with E-state index in [0.29, 0.717) is 29.0 Å². The summed E-state index contributed by atoms with van der Waals surface area (Å²) in [5.74, 6) is -0.239. The van der Waals surface area contributed by atoms with Crippen LogP contribution in [0.4, 0.5) is 17.1 Å². The van der Waals surface area contributed by atoms with Crippen molar-refractivity contribution in [3.8, 4) is 0 Å². The van der Waals surface area contributed by atoms with E-state index in [-0.39, 0.29) is 23.6 Å². The van der Waals surface area contributed by atoms with Gasteiger partial charge in [0.25, 0.3) is 11.8 Å². The lowest BCUT2D eigenvalue weighted by Gasteiger charge is -2.20. The normalized spacial score (nSPS) is 14.5. The van der Waals surface area contributed by atoms with E-state index in [1.54, 1.807) is 59.3 Å². The van der Waals surface area contributed by atoms with Gasteiger partial charge in [-0.15, -0.1) is 0 Å². The molecule has 1 saturated carbocycles. The molecule has 1 heterocycles. The van der Waals surface area contributed by atoms with Crippen LogP contribution in [0.15, 0.2) is 72.8 Å². The van der Waals surface area contributed by atoms with Crippen LogP contribution in [0.5, 0.6) is 0 Å². The highest BCUT2D eigenvalue weighted by molar-refractivity contribution is 6.11. The lowest BCUT2D eigenvalue weighted by Crippen LogP contribution is -2.30. The minimum absolute atomic E-state index is 0.0431. The molecule has 33 heavy (non-hydrogen) atoms. The van der Waals surface area contributed by atoms with E-state index in [4.69, 9.17) is 0 Å². The van der Waals surface area contributed by atoms with E-state index in [0.717, 1.165) is 24.9 Å². The third kappa shape index (κ3) is 4.12. The molecule has 0 spiro atoms. The van der Waals surface area contributed by atoms with E-state index >= 15 is 0 Å². The number of nitrogens with one attached hydrogen (secondary N) is 1.